The summed E-state index contributed by atoms with van der Waals surface area (Å²) in [5.41, 5.74) is -0.214. The van der Waals surface area contributed by atoms with Crippen molar-refractivity contribution < 1.29 is 14.3 Å². The van der Waals surface area contributed by atoms with E-state index in [1.54, 1.807) is 0 Å². The minimum Gasteiger partial charge on any atom is -0.458 e. The number of carbonyl (C=O) groups is 1. The van der Waals surface area contributed by atoms with Crippen molar-refractivity contribution in [1.29, 1.82) is 0 Å². The van der Waals surface area contributed by atoms with E-state index in [4.69, 9.17) is 9.47 Å². The first-order valence-corrected chi connectivity index (χ1v) is 4.96. The van der Waals surface area contributed by atoms with Crippen molar-refractivity contribution in [1.82, 2.24) is 0 Å². The molecule has 3 heteroatoms. The Balaban J connectivity index is 2.26. The second-order valence-electron chi connectivity index (χ2n) is 3.77. The lowest BCUT2D eigenvalue weighted by atomic mass is 10.1. The molecule has 0 aromatic carbocycles. The number of hydrogen-bond donors (Lipinski definition) is 0. The fourth-order valence-electron chi connectivity index (χ4n) is 1.71. The minimum atomic E-state index is -0.230. The van der Waals surface area contributed by atoms with Crippen LogP contribution in [0.1, 0.15) is 39.5 Å². The van der Waals surface area contributed by atoms with Gasteiger partial charge in [-0.1, -0.05) is 0 Å². The average Bonchev–Trinajstić information content (AvgIpc) is 2.48. The zero-order valence-electron chi connectivity index (χ0n) is 8.47. The molecular formula is C10H18O3. The molecule has 0 aliphatic heterocycles. The number of esters is 1. The summed E-state index contributed by atoms with van der Waals surface area (Å²) in [7, 11) is 0. The van der Waals surface area contributed by atoms with E-state index in [1.165, 1.54) is 12.8 Å². The fraction of sp³-hybridized carbons (Fsp3) is 0.900. The first-order valence-electron chi connectivity index (χ1n) is 4.96. The molecule has 0 bridgehead atoms. The Morgan fingerprint density at radius 1 is 1.38 bits per heavy atom. The van der Waals surface area contributed by atoms with Gasteiger partial charge >= 0.3 is 5.97 Å². The zero-order valence-corrected chi connectivity index (χ0v) is 8.47. The number of ether oxygens (including phenoxy) is 2. The largest absolute Gasteiger partial charge is 0.458 e. The minimum absolute atomic E-state index is 0.0894. The monoisotopic (exact) mass is 186 g/mol. The van der Waals surface area contributed by atoms with Crippen LogP contribution in [0.3, 0.4) is 0 Å². The molecule has 0 spiro atoms. The van der Waals surface area contributed by atoms with E-state index in [0.29, 0.717) is 6.61 Å². The molecular weight excluding hydrogens is 168 g/mol. The van der Waals surface area contributed by atoms with Crippen LogP contribution in [0.2, 0.25) is 0 Å². The van der Waals surface area contributed by atoms with Crippen LogP contribution < -0.4 is 0 Å². The lowest BCUT2D eigenvalue weighted by Gasteiger charge is -2.23. The summed E-state index contributed by atoms with van der Waals surface area (Å²) in [5, 5.41) is 0. The smallest absolute Gasteiger partial charge is 0.332 e. The molecule has 1 rings (SSSR count). The lowest BCUT2D eigenvalue weighted by Crippen LogP contribution is -2.30. The molecule has 0 aromatic heterocycles. The van der Waals surface area contributed by atoms with Crippen LogP contribution in [0.15, 0.2) is 0 Å². The summed E-state index contributed by atoms with van der Waals surface area (Å²) in [5.74, 6) is -0.230. The third kappa shape index (κ3) is 3.35. The fourth-order valence-corrected chi connectivity index (χ4v) is 1.71. The topological polar surface area (TPSA) is 35.5 Å². The Bertz CT molecular complexity index is 171. The predicted molar refractivity (Wildman–Crippen MR) is 49.5 cm³/mol. The van der Waals surface area contributed by atoms with Gasteiger partial charge in [0.25, 0.3) is 0 Å². The van der Waals surface area contributed by atoms with Crippen molar-refractivity contribution >= 4 is 5.97 Å². The Kier molecular flexibility index (Phi) is 3.72. The van der Waals surface area contributed by atoms with Crippen LogP contribution in [0.4, 0.5) is 0 Å². The number of hydrogen-bond acceptors (Lipinski definition) is 3. The highest BCUT2D eigenvalue weighted by Crippen LogP contribution is 2.32. The first kappa shape index (κ1) is 10.5. The Morgan fingerprint density at radius 3 is 2.54 bits per heavy atom. The highest BCUT2D eigenvalue weighted by molar-refractivity contribution is 5.71. The molecule has 1 saturated carbocycles. The number of rotatable bonds is 4. The number of carbonyl (C=O) groups excluding carboxylic acids is 1. The maximum atomic E-state index is 11.2. The lowest BCUT2D eigenvalue weighted by molar-refractivity contribution is -0.162. The summed E-state index contributed by atoms with van der Waals surface area (Å²) in [6.45, 7) is 4.52. The maximum Gasteiger partial charge on any atom is 0.332 e. The van der Waals surface area contributed by atoms with Gasteiger partial charge in [-0.05, 0) is 39.5 Å². The van der Waals surface area contributed by atoms with Crippen molar-refractivity contribution in [2.45, 2.75) is 45.1 Å². The van der Waals surface area contributed by atoms with Crippen LogP contribution in [-0.4, -0.2) is 24.8 Å². The molecule has 0 unspecified atom stereocenters. The molecule has 0 saturated heterocycles. The molecule has 1 aliphatic rings. The van der Waals surface area contributed by atoms with Gasteiger partial charge in [0.2, 0.25) is 0 Å². The van der Waals surface area contributed by atoms with E-state index < -0.39 is 0 Å². The van der Waals surface area contributed by atoms with Crippen molar-refractivity contribution in [2.24, 2.45) is 0 Å². The van der Waals surface area contributed by atoms with Gasteiger partial charge in [0.15, 0.2) is 0 Å². The first-order chi connectivity index (χ1) is 6.16. The van der Waals surface area contributed by atoms with E-state index in [1.807, 2.05) is 13.8 Å². The van der Waals surface area contributed by atoms with Gasteiger partial charge < -0.3 is 9.47 Å². The van der Waals surface area contributed by atoms with Gasteiger partial charge in [0.05, 0.1) is 0 Å². The molecule has 76 valence electrons. The third-order valence-corrected chi connectivity index (χ3v) is 2.45. The standard InChI is InChI=1S/C10H18O3/c1-3-12-8-9(11)13-10(2)6-4-5-7-10/h3-8H2,1-2H3. The molecule has 0 N–H and O–H groups in total. The highest BCUT2D eigenvalue weighted by atomic mass is 16.6. The van der Waals surface area contributed by atoms with Crippen molar-refractivity contribution in [3.8, 4) is 0 Å². The third-order valence-electron chi connectivity index (χ3n) is 2.45. The summed E-state index contributed by atoms with van der Waals surface area (Å²) >= 11 is 0. The highest BCUT2D eigenvalue weighted by Gasteiger charge is 2.32. The maximum absolute atomic E-state index is 11.2. The van der Waals surface area contributed by atoms with Crippen molar-refractivity contribution in [3.05, 3.63) is 0 Å². The molecule has 1 aliphatic carbocycles. The normalized spacial score (nSPS) is 20.2. The summed E-state index contributed by atoms with van der Waals surface area (Å²) in [6, 6.07) is 0. The van der Waals surface area contributed by atoms with Gasteiger partial charge in [-0.25, -0.2) is 4.79 Å². The molecule has 0 amide bonds. The molecule has 0 aromatic rings. The van der Waals surface area contributed by atoms with E-state index >= 15 is 0 Å². The molecule has 0 heterocycles. The van der Waals surface area contributed by atoms with Crippen LogP contribution in [-0.2, 0) is 14.3 Å². The van der Waals surface area contributed by atoms with Gasteiger partial charge in [-0.2, -0.15) is 0 Å². The zero-order chi connectivity index (χ0) is 9.73. The molecule has 0 radical (unpaired) electrons. The van der Waals surface area contributed by atoms with Gasteiger partial charge in [-0.15, -0.1) is 0 Å². The summed E-state index contributed by atoms with van der Waals surface area (Å²) in [4.78, 5) is 11.2. The van der Waals surface area contributed by atoms with E-state index in [-0.39, 0.29) is 18.2 Å². The molecule has 13 heavy (non-hydrogen) atoms. The molecule has 3 nitrogen and oxygen atoms in total. The van der Waals surface area contributed by atoms with Gasteiger partial charge in [0, 0.05) is 6.61 Å². The van der Waals surface area contributed by atoms with Crippen molar-refractivity contribution in [2.75, 3.05) is 13.2 Å². The van der Waals surface area contributed by atoms with Crippen LogP contribution in [0.5, 0.6) is 0 Å². The van der Waals surface area contributed by atoms with Crippen molar-refractivity contribution in [3.63, 3.8) is 0 Å². The van der Waals surface area contributed by atoms with Crippen LogP contribution in [0.25, 0.3) is 0 Å². The predicted octanol–water partition coefficient (Wildman–Crippen LogP) is 1.90. The van der Waals surface area contributed by atoms with Gasteiger partial charge in [-0.3, -0.25) is 0 Å². The Hall–Kier alpha value is -0.570. The van der Waals surface area contributed by atoms with Crippen LogP contribution >= 0.6 is 0 Å². The summed E-state index contributed by atoms with van der Waals surface area (Å²) < 4.78 is 10.3. The molecule has 0 atom stereocenters. The Labute approximate surface area is 79.4 Å². The van der Waals surface area contributed by atoms with E-state index in [0.717, 1.165) is 12.8 Å². The summed E-state index contributed by atoms with van der Waals surface area (Å²) in [6.07, 6.45) is 4.31. The van der Waals surface area contributed by atoms with E-state index in [9.17, 15) is 4.79 Å². The molecule has 1 fully saturated rings. The SMILES string of the molecule is CCOCC(=O)OC1(C)CCCC1. The second-order valence-corrected chi connectivity index (χ2v) is 3.77. The Morgan fingerprint density at radius 2 is 2.00 bits per heavy atom. The second kappa shape index (κ2) is 4.61. The van der Waals surface area contributed by atoms with Gasteiger partial charge in [0.1, 0.15) is 12.2 Å². The van der Waals surface area contributed by atoms with Crippen LogP contribution in [0, 0.1) is 0 Å². The quantitative estimate of drug-likeness (QED) is 0.629. The average molecular weight is 186 g/mol. The van der Waals surface area contributed by atoms with E-state index in [2.05, 4.69) is 0 Å².